The van der Waals surface area contributed by atoms with Crippen LogP contribution in [0.5, 0.6) is 0 Å². The Morgan fingerprint density at radius 2 is 0.652 bits per heavy atom. The lowest BCUT2D eigenvalue weighted by molar-refractivity contribution is 1.32. The Bertz CT molecular complexity index is 3340. The molecule has 4 heterocycles. The fourth-order valence-corrected chi connectivity index (χ4v) is 16.8. The number of hydrogen-bond acceptors (Lipinski definition) is 6. The monoisotopic (exact) mass is 956 g/mol. The molecule has 12 rings (SSSR count). The predicted octanol–water partition coefficient (Wildman–Crippen LogP) is 18.5. The van der Waals surface area contributed by atoms with Crippen LogP contribution < -0.4 is 20.2 Å². The minimum atomic E-state index is -1.72. The number of thiophene rings is 4. The van der Waals surface area contributed by atoms with Gasteiger partial charge in [-0.05, 0) is 117 Å². The molecule has 0 aliphatic rings. The molecule has 0 saturated carbocycles. The normalized spacial score (nSPS) is 12.4. The molecular weight excluding hydrogens is 909 g/mol. The maximum absolute atomic E-state index is 2.58. The number of anilines is 6. The summed E-state index contributed by atoms with van der Waals surface area (Å²) >= 11 is 7.66. The van der Waals surface area contributed by atoms with Crippen molar-refractivity contribution in [3.8, 4) is 20.9 Å². The average molecular weight is 957 g/mol. The first-order valence-corrected chi connectivity index (χ1v) is 32.9. The van der Waals surface area contributed by atoms with E-state index in [1.54, 1.807) is 0 Å². The molecule has 0 saturated heterocycles. The lowest BCUT2D eigenvalue weighted by atomic mass is 9.88. The molecule has 0 amide bonds. The van der Waals surface area contributed by atoms with E-state index in [0.717, 1.165) is 0 Å². The average Bonchev–Trinajstić information content (AvgIpc) is 4.10. The molecule has 0 aliphatic heterocycles. The van der Waals surface area contributed by atoms with Crippen molar-refractivity contribution in [1.82, 2.24) is 0 Å². The van der Waals surface area contributed by atoms with Crippen molar-refractivity contribution in [2.24, 2.45) is 0 Å². The molecule has 4 aromatic heterocycles. The van der Waals surface area contributed by atoms with Crippen molar-refractivity contribution in [3.63, 3.8) is 0 Å². The molecule has 2 nitrogen and oxygen atoms in total. The molecule has 0 radical (unpaired) electrons. The van der Waals surface area contributed by atoms with Crippen molar-refractivity contribution in [1.29, 1.82) is 0 Å². The van der Waals surface area contributed by atoms with Gasteiger partial charge >= 0.3 is 0 Å². The van der Waals surface area contributed by atoms with E-state index >= 15 is 0 Å². The smallest absolute Gasteiger partial charge is 0.102 e. The third-order valence-corrected chi connectivity index (χ3v) is 21.6. The fraction of sp³-hybridized carbons (Fsp3) is 0.103. The van der Waals surface area contributed by atoms with E-state index < -0.39 is 16.1 Å². The van der Waals surface area contributed by atoms with Crippen LogP contribution >= 0.6 is 45.3 Å². The number of fused-ring (bicyclic) bond motifs is 2. The zero-order valence-electron chi connectivity index (χ0n) is 37.8. The molecule has 0 atom stereocenters. The minimum Gasteiger partial charge on any atom is -0.302 e. The Morgan fingerprint density at radius 1 is 0.333 bits per heavy atom. The van der Waals surface area contributed by atoms with Crippen LogP contribution in [0.1, 0.15) is 0 Å². The Morgan fingerprint density at radius 3 is 0.955 bits per heavy atom. The first-order valence-electron chi connectivity index (χ1n) is 22.6. The van der Waals surface area contributed by atoms with Gasteiger partial charge in [-0.25, -0.2) is 0 Å². The molecule has 0 aliphatic carbocycles. The Hall–Kier alpha value is -5.85. The van der Waals surface area contributed by atoms with Gasteiger partial charge in [-0.1, -0.05) is 147 Å². The molecule has 8 heteroatoms. The summed E-state index contributed by atoms with van der Waals surface area (Å²) in [5, 5.41) is 13.8. The quantitative estimate of drug-likeness (QED) is 0.0995. The largest absolute Gasteiger partial charge is 0.302 e. The highest BCUT2D eigenvalue weighted by molar-refractivity contribution is 7.32. The maximum Gasteiger partial charge on any atom is 0.102 e. The van der Waals surface area contributed by atoms with E-state index in [9.17, 15) is 0 Å². The van der Waals surface area contributed by atoms with Crippen molar-refractivity contribution in [2.45, 2.75) is 39.3 Å². The van der Waals surface area contributed by atoms with E-state index in [1.165, 1.54) is 115 Å². The van der Waals surface area contributed by atoms with Crippen molar-refractivity contribution < 1.29 is 0 Å². The first-order chi connectivity index (χ1) is 31.9. The Labute approximate surface area is 404 Å². The Kier molecular flexibility index (Phi) is 10.0. The lowest BCUT2D eigenvalue weighted by Gasteiger charge is -2.24. The molecule has 0 N–H and O–H groups in total. The highest BCUT2D eigenvalue weighted by Crippen LogP contribution is 2.51. The highest BCUT2D eigenvalue weighted by atomic mass is 32.1. The van der Waals surface area contributed by atoms with Crippen molar-refractivity contribution in [2.75, 3.05) is 9.80 Å². The van der Waals surface area contributed by atoms with Gasteiger partial charge in [0.05, 0.1) is 16.1 Å². The van der Waals surface area contributed by atoms with Gasteiger partial charge in [0.2, 0.25) is 0 Å². The van der Waals surface area contributed by atoms with Gasteiger partial charge in [-0.2, -0.15) is 0 Å². The summed E-state index contributed by atoms with van der Waals surface area (Å²) in [5.74, 6) is 0. The molecule has 8 aromatic carbocycles. The second kappa shape index (κ2) is 15.9. The van der Waals surface area contributed by atoms with Crippen LogP contribution in [-0.4, -0.2) is 16.1 Å². The predicted molar refractivity (Wildman–Crippen MR) is 303 cm³/mol. The molecule has 322 valence electrons. The topological polar surface area (TPSA) is 6.48 Å². The molecule has 12 aromatic rings. The van der Waals surface area contributed by atoms with Crippen LogP contribution in [0.3, 0.4) is 0 Å². The molecule has 0 spiro atoms. The van der Waals surface area contributed by atoms with Gasteiger partial charge < -0.3 is 9.80 Å². The van der Waals surface area contributed by atoms with E-state index in [2.05, 4.69) is 231 Å². The summed E-state index contributed by atoms with van der Waals surface area (Å²) in [6.45, 7) is 15.0. The highest BCUT2D eigenvalue weighted by Gasteiger charge is 2.27. The number of nitrogens with zero attached hydrogens (tertiary/aromatic N) is 2. The van der Waals surface area contributed by atoms with E-state index in [4.69, 9.17) is 0 Å². The number of benzene rings is 8. The van der Waals surface area contributed by atoms with Crippen molar-refractivity contribution in [3.05, 3.63) is 182 Å². The minimum absolute atomic E-state index is 1.17. The van der Waals surface area contributed by atoms with Gasteiger partial charge in [-0.3, -0.25) is 0 Å². The fourth-order valence-electron chi connectivity index (χ4n) is 9.53. The number of hydrogen-bond donors (Lipinski definition) is 0. The van der Waals surface area contributed by atoms with Crippen LogP contribution in [0.25, 0.3) is 72.0 Å². The van der Waals surface area contributed by atoms with E-state index in [0.29, 0.717) is 0 Å². The van der Waals surface area contributed by atoms with Crippen LogP contribution in [0.15, 0.2) is 182 Å². The standard InChI is InChI=1S/C58H48N2S4Si2/c1-65(2,3)43-27-37-29-46(50-34-52-54(62-50)36-56(64-52)60(41-23-15-9-16-24-41)42-25-17-10-18-26-42)48-32-44(66(4,5)6)28-38-30-45(47(31-43)57(37)58(38)48)49-33-51-53(61-49)35-55(63-51)59(39-19-11-7-12-20-39)40-21-13-8-14-22-40/h7-36H,1-6H3. The molecule has 66 heavy (non-hydrogen) atoms. The zero-order chi connectivity index (χ0) is 44.9. The third kappa shape index (κ3) is 7.22. The summed E-state index contributed by atoms with van der Waals surface area (Å²) in [6, 6.07) is 68.2. The van der Waals surface area contributed by atoms with Crippen LogP contribution in [0.2, 0.25) is 39.3 Å². The SMILES string of the molecule is C[Si](C)(C)c1cc2cc(-c3cc4sc(N(c5ccccc5)c5ccccc5)cc4s3)c3cc([Si](C)(C)C)cc4cc(-c5cc6sc(N(c7ccccc7)c7ccccc7)cc6s5)c(c1)c2c43. The number of para-hydroxylation sites is 4. The van der Waals surface area contributed by atoms with Gasteiger partial charge in [0, 0.05) is 62.4 Å². The summed E-state index contributed by atoms with van der Waals surface area (Å²) in [5.41, 5.74) is 7.41. The summed E-state index contributed by atoms with van der Waals surface area (Å²) in [4.78, 5) is 7.48. The third-order valence-electron chi connectivity index (χ3n) is 12.9. The summed E-state index contributed by atoms with van der Waals surface area (Å²) < 4.78 is 5.33. The first kappa shape index (κ1) is 41.6. The second-order valence-corrected chi connectivity index (χ2v) is 33.9. The number of rotatable bonds is 10. The van der Waals surface area contributed by atoms with Gasteiger partial charge in [0.25, 0.3) is 0 Å². The molecule has 0 unspecified atom stereocenters. The van der Waals surface area contributed by atoms with Gasteiger partial charge in [0.15, 0.2) is 0 Å². The van der Waals surface area contributed by atoms with Crippen LogP contribution in [0.4, 0.5) is 32.8 Å². The van der Waals surface area contributed by atoms with E-state index in [-0.39, 0.29) is 0 Å². The van der Waals surface area contributed by atoms with E-state index in [1.807, 2.05) is 45.3 Å². The van der Waals surface area contributed by atoms with Gasteiger partial charge in [0.1, 0.15) is 10.0 Å². The summed E-state index contributed by atoms with van der Waals surface area (Å²) in [6.07, 6.45) is 0. The van der Waals surface area contributed by atoms with Crippen LogP contribution in [0, 0.1) is 0 Å². The molecule has 0 bridgehead atoms. The van der Waals surface area contributed by atoms with Gasteiger partial charge in [-0.15, -0.1) is 45.3 Å². The van der Waals surface area contributed by atoms with Crippen LogP contribution in [-0.2, 0) is 0 Å². The lowest BCUT2D eigenvalue weighted by Crippen LogP contribution is -2.37. The maximum atomic E-state index is 2.58. The second-order valence-electron chi connectivity index (χ2n) is 19.5. The Balaban J connectivity index is 1.04. The molecule has 0 fully saturated rings. The zero-order valence-corrected chi connectivity index (χ0v) is 43.1. The van der Waals surface area contributed by atoms with Crippen molar-refractivity contribution >= 4 is 156 Å². The molecular formula is C58H48N2S4Si2. The summed E-state index contributed by atoms with van der Waals surface area (Å²) in [7, 11) is -3.44.